The van der Waals surface area contributed by atoms with Crippen molar-refractivity contribution in [2.75, 3.05) is 55.7 Å². The van der Waals surface area contributed by atoms with Gasteiger partial charge in [0.25, 0.3) is 5.91 Å². The zero-order valence-corrected chi connectivity index (χ0v) is 19.7. The molecule has 1 aromatic heterocycles. The fourth-order valence-corrected chi connectivity index (χ4v) is 4.05. The maximum absolute atomic E-state index is 13.1. The summed E-state index contributed by atoms with van der Waals surface area (Å²) in [6.45, 7) is 8.64. The van der Waals surface area contributed by atoms with Gasteiger partial charge in [0.2, 0.25) is 0 Å². The van der Waals surface area contributed by atoms with Gasteiger partial charge in [-0.25, -0.2) is 4.39 Å². The molecule has 3 aromatic rings. The molecule has 0 atom stereocenters. The molecule has 7 nitrogen and oxygen atoms in total. The molecule has 1 saturated heterocycles. The summed E-state index contributed by atoms with van der Waals surface area (Å²) in [5.74, 6) is 1.17. The van der Waals surface area contributed by atoms with Gasteiger partial charge in [0.05, 0.1) is 5.69 Å². The molecule has 1 aliphatic heterocycles. The van der Waals surface area contributed by atoms with Crippen molar-refractivity contribution in [1.82, 2.24) is 15.1 Å². The number of ether oxygens (including phenoxy) is 1. The lowest BCUT2D eigenvalue weighted by atomic mass is 10.1. The number of nitrogens with zero attached hydrogens (tertiary/aromatic N) is 5. The van der Waals surface area contributed by atoms with E-state index < -0.39 is 0 Å². The van der Waals surface area contributed by atoms with Crippen molar-refractivity contribution in [3.63, 3.8) is 0 Å². The Balaban J connectivity index is 1.28. The fourth-order valence-electron chi connectivity index (χ4n) is 4.05. The Kier molecular flexibility index (Phi) is 7.57. The molecule has 2 aromatic carbocycles. The van der Waals surface area contributed by atoms with E-state index in [1.54, 1.807) is 12.1 Å². The molecular formula is C26H30FN5O2. The third kappa shape index (κ3) is 5.62. The highest BCUT2D eigenvalue weighted by Gasteiger charge is 2.22. The average Bonchev–Trinajstić information content (AvgIpc) is 2.89. The number of carbonyl (C=O) groups is 1. The minimum Gasteiger partial charge on any atom is -0.484 e. The molecule has 0 N–H and O–H groups in total. The zero-order valence-electron chi connectivity index (χ0n) is 19.7. The molecule has 1 amide bonds. The van der Waals surface area contributed by atoms with Crippen molar-refractivity contribution in [3.8, 4) is 17.0 Å². The van der Waals surface area contributed by atoms with Gasteiger partial charge in [0.1, 0.15) is 11.6 Å². The molecule has 0 aliphatic carbocycles. The van der Waals surface area contributed by atoms with E-state index in [1.807, 2.05) is 35.2 Å². The minimum absolute atomic E-state index is 0.0217. The molecule has 4 rings (SSSR count). The predicted molar refractivity (Wildman–Crippen MR) is 132 cm³/mol. The summed E-state index contributed by atoms with van der Waals surface area (Å²) in [5.41, 5.74) is 2.60. The molecule has 2 heterocycles. The third-order valence-electron chi connectivity index (χ3n) is 6.06. The summed E-state index contributed by atoms with van der Waals surface area (Å²) >= 11 is 0. The molecule has 0 saturated carbocycles. The Bertz CT molecular complexity index is 1080. The van der Waals surface area contributed by atoms with E-state index in [1.165, 1.54) is 12.1 Å². The molecular weight excluding hydrogens is 433 g/mol. The fraction of sp³-hybridized carbons (Fsp3) is 0.346. The maximum Gasteiger partial charge on any atom is 0.260 e. The lowest BCUT2D eigenvalue weighted by molar-refractivity contribution is -0.133. The summed E-state index contributed by atoms with van der Waals surface area (Å²) in [6.07, 6.45) is 0. The molecule has 0 radical (unpaired) electrons. The standard InChI is InChI=1S/C26H30FN5O2/c1-3-30(4-2)22-6-5-7-23(18-22)34-19-26(33)32-16-14-31(15-17-32)25-13-12-24(28-29-25)20-8-10-21(27)11-9-20/h5-13,18H,3-4,14-17,19H2,1-2H3. The first-order valence-electron chi connectivity index (χ1n) is 11.7. The van der Waals surface area contributed by atoms with E-state index in [-0.39, 0.29) is 18.3 Å². The van der Waals surface area contributed by atoms with Crippen LogP contribution in [0.5, 0.6) is 5.75 Å². The number of anilines is 2. The number of hydrogen-bond acceptors (Lipinski definition) is 6. The van der Waals surface area contributed by atoms with E-state index in [9.17, 15) is 9.18 Å². The number of halogens is 1. The predicted octanol–water partition coefficient (Wildman–Crippen LogP) is 3.86. The van der Waals surface area contributed by atoms with Gasteiger partial charge >= 0.3 is 0 Å². The number of hydrogen-bond donors (Lipinski definition) is 0. The average molecular weight is 464 g/mol. The van der Waals surface area contributed by atoms with Crippen LogP contribution in [0.1, 0.15) is 13.8 Å². The lowest BCUT2D eigenvalue weighted by Gasteiger charge is -2.35. The highest BCUT2D eigenvalue weighted by atomic mass is 19.1. The summed E-state index contributed by atoms with van der Waals surface area (Å²) in [5, 5.41) is 8.62. The maximum atomic E-state index is 13.1. The number of amides is 1. The van der Waals surface area contributed by atoms with E-state index >= 15 is 0 Å². The van der Waals surface area contributed by atoms with Crippen LogP contribution < -0.4 is 14.5 Å². The van der Waals surface area contributed by atoms with Crippen LogP contribution in [0.25, 0.3) is 11.3 Å². The van der Waals surface area contributed by atoms with Crippen molar-refractivity contribution >= 4 is 17.4 Å². The SMILES string of the molecule is CCN(CC)c1cccc(OCC(=O)N2CCN(c3ccc(-c4ccc(F)cc4)nn3)CC2)c1. The first-order chi connectivity index (χ1) is 16.6. The van der Waals surface area contributed by atoms with Crippen LogP contribution in [0.2, 0.25) is 0 Å². The Hall–Kier alpha value is -3.68. The smallest absolute Gasteiger partial charge is 0.260 e. The second-order valence-electron chi connectivity index (χ2n) is 8.11. The van der Waals surface area contributed by atoms with Crippen LogP contribution in [0.4, 0.5) is 15.9 Å². The van der Waals surface area contributed by atoms with E-state index in [4.69, 9.17) is 4.74 Å². The third-order valence-corrected chi connectivity index (χ3v) is 6.06. The largest absolute Gasteiger partial charge is 0.484 e. The number of aromatic nitrogens is 2. The van der Waals surface area contributed by atoms with Crippen molar-refractivity contribution in [2.45, 2.75) is 13.8 Å². The van der Waals surface area contributed by atoms with Crippen molar-refractivity contribution in [3.05, 3.63) is 66.5 Å². The number of benzene rings is 2. The van der Waals surface area contributed by atoms with Crippen LogP contribution in [-0.2, 0) is 4.79 Å². The van der Waals surface area contributed by atoms with E-state index in [0.29, 0.717) is 37.6 Å². The molecule has 1 fully saturated rings. The number of rotatable bonds is 8. The van der Waals surface area contributed by atoms with E-state index in [2.05, 4.69) is 39.9 Å². The normalized spacial score (nSPS) is 13.6. The summed E-state index contributed by atoms with van der Waals surface area (Å²) in [6, 6.07) is 17.8. The Morgan fingerprint density at radius 2 is 1.71 bits per heavy atom. The minimum atomic E-state index is -0.278. The second kappa shape index (κ2) is 11.0. The Labute approximate surface area is 199 Å². The van der Waals surface area contributed by atoms with Crippen LogP contribution in [-0.4, -0.2) is 66.9 Å². The first-order valence-corrected chi connectivity index (χ1v) is 11.7. The van der Waals surface area contributed by atoms with Crippen LogP contribution in [0.3, 0.4) is 0 Å². The topological polar surface area (TPSA) is 61.8 Å². The van der Waals surface area contributed by atoms with Gasteiger partial charge < -0.3 is 19.4 Å². The highest BCUT2D eigenvalue weighted by molar-refractivity contribution is 5.78. The molecule has 0 unspecified atom stereocenters. The number of piperazine rings is 1. The van der Waals surface area contributed by atoms with Gasteiger partial charge in [-0.3, -0.25) is 4.79 Å². The molecule has 34 heavy (non-hydrogen) atoms. The van der Waals surface area contributed by atoms with Gasteiger partial charge in [-0.15, -0.1) is 10.2 Å². The molecule has 178 valence electrons. The highest BCUT2D eigenvalue weighted by Crippen LogP contribution is 2.22. The molecule has 1 aliphatic rings. The first kappa shape index (κ1) is 23.5. The zero-order chi connectivity index (χ0) is 23.9. The van der Waals surface area contributed by atoms with Gasteiger partial charge in [-0.2, -0.15) is 0 Å². The second-order valence-corrected chi connectivity index (χ2v) is 8.11. The van der Waals surface area contributed by atoms with Gasteiger partial charge in [0.15, 0.2) is 12.4 Å². The Morgan fingerprint density at radius 3 is 2.35 bits per heavy atom. The van der Waals surface area contributed by atoms with Crippen LogP contribution in [0.15, 0.2) is 60.7 Å². The monoisotopic (exact) mass is 463 g/mol. The summed E-state index contributed by atoms with van der Waals surface area (Å²) in [7, 11) is 0. The Morgan fingerprint density at radius 1 is 0.971 bits per heavy atom. The van der Waals surface area contributed by atoms with Crippen LogP contribution in [0, 0.1) is 5.82 Å². The van der Waals surface area contributed by atoms with Crippen molar-refractivity contribution < 1.29 is 13.9 Å². The molecule has 0 spiro atoms. The van der Waals surface area contributed by atoms with Crippen LogP contribution >= 0.6 is 0 Å². The lowest BCUT2D eigenvalue weighted by Crippen LogP contribution is -2.50. The quantitative estimate of drug-likeness (QED) is 0.506. The van der Waals surface area contributed by atoms with Crippen molar-refractivity contribution in [1.29, 1.82) is 0 Å². The molecule has 0 bridgehead atoms. The van der Waals surface area contributed by atoms with E-state index in [0.717, 1.165) is 30.2 Å². The van der Waals surface area contributed by atoms with Gasteiger partial charge in [-0.05, 0) is 62.4 Å². The van der Waals surface area contributed by atoms with Crippen molar-refractivity contribution in [2.24, 2.45) is 0 Å². The van der Waals surface area contributed by atoms with Gasteiger partial charge in [-0.1, -0.05) is 6.07 Å². The number of carbonyl (C=O) groups excluding carboxylic acids is 1. The summed E-state index contributed by atoms with van der Waals surface area (Å²) in [4.78, 5) is 18.9. The molecule has 8 heteroatoms. The van der Waals surface area contributed by atoms with Gasteiger partial charge in [0, 0.05) is 56.6 Å². The summed E-state index contributed by atoms with van der Waals surface area (Å²) < 4.78 is 18.9.